The summed E-state index contributed by atoms with van der Waals surface area (Å²) >= 11 is 0. The van der Waals surface area contributed by atoms with Gasteiger partial charge in [0.1, 0.15) is 0 Å². The Kier molecular flexibility index (Phi) is 38.4. The Morgan fingerprint density at radius 1 is 0.453 bits per heavy atom. The summed E-state index contributed by atoms with van der Waals surface area (Å²) in [5, 5.41) is 3.45. The summed E-state index contributed by atoms with van der Waals surface area (Å²) in [5.41, 5.74) is 0. The maximum atomic E-state index is 6.86. The minimum Gasteiger partial charge on any atom is -0.347 e. The first-order valence-corrected chi connectivity index (χ1v) is 24.9. The van der Waals surface area contributed by atoms with Crippen molar-refractivity contribution in [1.29, 1.82) is 0 Å². The molecule has 1 rings (SSSR count). The van der Waals surface area contributed by atoms with Crippen molar-refractivity contribution in [3.8, 4) is 0 Å². The zero-order valence-corrected chi connectivity index (χ0v) is 37.2. The first kappa shape index (κ1) is 50.9. The summed E-state index contributed by atoms with van der Waals surface area (Å²) in [6, 6.07) is 0. The van der Waals surface area contributed by atoms with E-state index in [1.165, 1.54) is 231 Å². The van der Waals surface area contributed by atoms with Crippen LogP contribution < -0.4 is 5.32 Å². The highest BCUT2D eigenvalue weighted by atomic mass is 16.7. The Morgan fingerprint density at radius 3 is 1.19 bits per heavy atom. The number of ether oxygens (including phenoxy) is 2. The van der Waals surface area contributed by atoms with Gasteiger partial charge in [0.05, 0.1) is 12.7 Å². The molecule has 0 aromatic heterocycles. The van der Waals surface area contributed by atoms with Gasteiger partial charge in [0.25, 0.3) is 0 Å². The average molecular weight is 749 g/mol. The molecule has 1 unspecified atom stereocenters. The van der Waals surface area contributed by atoms with Gasteiger partial charge in [-0.1, -0.05) is 220 Å². The molecule has 318 valence electrons. The molecule has 4 nitrogen and oxygen atoms in total. The van der Waals surface area contributed by atoms with Gasteiger partial charge >= 0.3 is 0 Å². The van der Waals surface area contributed by atoms with Crippen LogP contribution in [0.3, 0.4) is 0 Å². The minimum absolute atomic E-state index is 0.272. The van der Waals surface area contributed by atoms with E-state index in [9.17, 15) is 0 Å². The van der Waals surface area contributed by atoms with Crippen LogP contribution in [0.1, 0.15) is 265 Å². The molecule has 1 N–H and O–H groups in total. The molecule has 1 saturated heterocycles. The molecule has 0 aliphatic carbocycles. The van der Waals surface area contributed by atoms with Crippen molar-refractivity contribution in [2.75, 3.05) is 39.8 Å². The second kappa shape index (κ2) is 40.1. The molecule has 1 fully saturated rings. The molecule has 0 spiro atoms. The van der Waals surface area contributed by atoms with Gasteiger partial charge in [-0.3, -0.25) is 0 Å². The monoisotopic (exact) mass is 749 g/mol. The summed E-state index contributed by atoms with van der Waals surface area (Å²) in [7, 11) is 2.29. The SMILES string of the molecule is CCCCCCCCCCCCCCCCCCC1(CCCCCCCCCCCCCCCCCC)OCC(CCN(C)CCCCCNCC)O1. The van der Waals surface area contributed by atoms with Crippen molar-refractivity contribution in [3.05, 3.63) is 0 Å². The van der Waals surface area contributed by atoms with Crippen LogP contribution in [0.2, 0.25) is 0 Å². The highest BCUT2D eigenvalue weighted by Gasteiger charge is 2.40. The molecule has 53 heavy (non-hydrogen) atoms. The second-order valence-corrected chi connectivity index (χ2v) is 17.6. The van der Waals surface area contributed by atoms with Gasteiger partial charge in [-0.15, -0.1) is 0 Å². The van der Waals surface area contributed by atoms with Gasteiger partial charge in [0, 0.05) is 19.4 Å². The smallest absolute Gasteiger partial charge is 0.168 e. The third-order valence-corrected chi connectivity index (χ3v) is 12.2. The van der Waals surface area contributed by atoms with E-state index < -0.39 is 0 Å². The van der Waals surface area contributed by atoms with Crippen molar-refractivity contribution in [1.82, 2.24) is 10.2 Å². The van der Waals surface area contributed by atoms with Crippen molar-refractivity contribution >= 4 is 0 Å². The summed E-state index contributed by atoms with van der Waals surface area (Å²) < 4.78 is 13.5. The lowest BCUT2D eigenvalue weighted by Crippen LogP contribution is -2.32. The standard InChI is InChI=1S/C49H100N2O2/c1-5-8-10-12-14-16-18-20-22-24-26-28-30-32-34-37-42-49(52-47-48(53-49)41-46-51(4)45-40-36-39-44-50-7-3)43-38-35-33-31-29-27-25-23-21-19-17-15-13-11-9-6-2/h48,50H,5-47H2,1-4H3. The predicted octanol–water partition coefficient (Wildman–Crippen LogP) is 15.5. The van der Waals surface area contributed by atoms with E-state index >= 15 is 0 Å². The number of unbranched alkanes of at least 4 members (excludes halogenated alkanes) is 32. The average Bonchev–Trinajstić information content (AvgIpc) is 3.58. The topological polar surface area (TPSA) is 33.7 Å². The van der Waals surface area contributed by atoms with Crippen LogP contribution in [0, 0.1) is 0 Å². The molecule has 1 aliphatic heterocycles. The maximum absolute atomic E-state index is 6.86. The zero-order valence-electron chi connectivity index (χ0n) is 37.2. The summed E-state index contributed by atoms with van der Waals surface area (Å²) in [5.74, 6) is -0.304. The fourth-order valence-electron chi connectivity index (χ4n) is 8.49. The molecule has 0 saturated carbocycles. The summed E-state index contributed by atoms with van der Waals surface area (Å²) in [4.78, 5) is 2.52. The third kappa shape index (κ3) is 33.7. The minimum atomic E-state index is -0.304. The van der Waals surface area contributed by atoms with E-state index in [1.54, 1.807) is 0 Å². The fourth-order valence-corrected chi connectivity index (χ4v) is 8.49. The summed E-state index contributed by atoms with van der Waals surface area (Å²) in [6.45, 7) is 12.2. The molecule has 0 bridgehead atoms. The van der Waals surface area contributed by atoms with Gasteiger partial charge in [0.2, 0.25) is 0 Å². The molecule has 4 heteroatoms. The van der Waals surface area contributed by atoms with Crippen LogP contribution in [0.4, 0.5) is 0 Å². The Morgan fingerprint density at radius 2 is 0.811 bits per heavy atom. The zero-order chi connectivity index (χ0) is 38.2. The van der Waals surface area contributed by atoms with Crippen LogP contribution >= 0.6 is 0 Å². The Balaban J connectivity index is 2.23. The quantitative estimate of drug-likeness (QED) is 0.0629. The van der Waals surface area contributed by atoms with E-state index in [4.69, 9.17) is 9.47 Å². The highest BCUT2D eigenvalue weighted by molar-refractivity contribution is 4.80. The lowest BCUT2D eigenvalue weighted by molar-refractivity contribution is -0.180. The van der Waals surface area contributed by atoms with E-state index in [0.29, 0.717) is 0 Å². The molecule has 1 atom stereocenters. The number of nitrogens with one attached hydrogen (secondary N) is 1. The van der Waals surface area contributed by atoms with Gasteiger partial charge in [-0.2, -0.15) is 0 Å². The largest absolute Gasteiger partial charge is 0.347 e. The molecule has 0 amide bonds. The van der Waals surface area contributed by atoms with E-state index in [0.717, 1.165) is 45.5 Å². The molecule has 0 aromatic carbocycles. The van der Waals surface area contributed by atoms with Gasteiger partial charge < -0.3 is 19.7 Å². The first-order chi connectivity index (χ1) is 26.2. The van der Waals surface area contributed by atoms with Gasteiger partial charge in [0.15, 0.2) is 5.79 Å². The third-order valence-electron chi connectivity index (χ3n) is 12.2. The summed E-state index contributed by atoms with van der Waals surface area (Å²) in [6.07, 6.45) is 53.0. The molecule has 0 radical (unpaired) electrons. The van der Waals surface area contributed by atoms with Crippen LogP contribution in [0.5, 0.6) is 0 Å². The normalized spacial score (nSPS) is 15.7. The fraction of sp³-hybridized carbons (Fsp3) is 1.00. The molecular formula is C49H100N2O2. The number of hydrogen-bond acceptors (Lipinski definition) is 4. The van der Waals surface area contributed by atoms with Crippen LogP contribution in [0.15, 0.2) is 0 Å². The highest BCUT2D eigenvalue weighted by Crippen LogP contribution is 2.35. The first-order valence-electron chi connectivity index (χ1n) is 24.9. The van der Waals surface area contributed by atoms with Gasteiger partial charge in [-0.05, 0) is 58.8 Å². The van der Waals surface area contributed by atoms with E-state index in [-0.39, 0.29) is 11.9 Å². The number of hydrogen-bond donors (Lipinski definition) is 1. The van der Waals surface area contributed by atoms with Gasteiger partial charge in [-0.25, -0.2) is 0 Å². The molecule has 1 aliphatic rings. The van der Waals surface area contributed by atoms with Crippen LogP contribution in [0.25, 0.3) is 0 Å². The van der Waals surface area contributed by atoms with E-state index in [2.05, 4.69) is 38.0 Å². The Labute approximate surface area is 335 Å². The van der Waals surface area contributed by atoms with Crippen LogP contribution in [-0.4, -0.2) is 56.6 Å². The molecule has 1 heterocycles. The lowest BCUT2D eigenvalue weighted by Gasteiger charge is -2.29. The predicted molar refractivity (Wildman–Crippen MR) is 236 cm³/mol. The van der Waals surface area contributed by atoms with Crippen molar-refractivity contribution in [3.63, 3.8) is 0 Å². The van der Waals surface area contributed by atoms with Crippen molar-refractivity contribution in [2.24, 2.45) is 0 Å². The number of rotatable bonds is 44. The van der Waals surface area contributed by atoms with Crippen molar-refractivity contribution in [2.45, 2.75) is 277 Å². The van der Waals surface area contributed by atoms with Crippen LogP contribution in [-0.2, 0) is 9.47 Å². The maximum Gasteiger partial charge on any atom is 0.168 e. The Bertz CT molecular complexity index is 666. The second-order valence-electron chi connectivity index (χ2n) is 17.6. The van der Waals surface area contributed by atoms with E-state index in [1.807, 2.05) is 0 Å². The Hall–Kier alpha value is -0.160. The molecule has 0 aromatic rings. The lowest BCUT2D eigenvalue weighted by atomic mass is 9.98. The molecular weight excluding hydrogens is 649 g/mol. The van der Waals surface area contributed by atoms with Crippen molar-refractivity contribution < 1.29 is 9.47 Å². The number of nitrogens with zero attached hydrogens (tertiary/aromatic N) is 1.